The Morgan fingerprint density at radius 3 is 2.77 bits per heavy atom. The average Bonchev–Trinajstić information content (AvgIpc) is 3.09. The molecule has 31 heavy (non-hydrogen) atoms. The lowest BCUT2D eigenvalue weighted by atomic mass is 9.95. The van der Waals surface area contributed by atoms with Gasteiger partial charge in [-0.1, -0.05) is 42.0 Å². The predicted octanol–water partition coefficient (Wildman–Crippen LogP) is 6.43. The molecule has 0 saturated heterocycles. The number of ether oxygens (including phenoxy) is 1. The molecule has 3 heterocycles. The van der Waals surface area contributed by atoms with Crippen molar-refractivity contribution < 1.29 is 9.53 Å². The third-order valence-corrected chi connectivity index (χ3v) is 8.16. The van der Waals surface area contributed by atoms with Crippen LogP contribution in [0.4, 0.5) is 5.69 Å². The Hall–Kier alpha value is -1.32. The fourth-order valence-electron chi connectivity index (χ4n) is 3.32. The van der Waals surface area contributed by atoms with Crippen LogP contribution in [0, 0.1) is 0 Å². The van der Waals surface area contributed by atoms with Gasteiger partial charge in [-0.05, 0) is 50.1 Å². The summed E-state index contributed by atoms with van der Waals surface area (Å²) in [4.78, 5) is 24.4. The highest BCUT2D eigenvalue weighted by molar-refractivity contribution is 8.00. The summed E-state index contributed by atoms with van der Waals surface area (Å²) >= 11 is 10.7. The lowest BCUT2D eigenvalue weighted by Crippen LogP contribution is -2.31. The second-order valence-electron chi connectivity index (χ2n) is 7.91. The summed E-state index contributed by atoms with van der Waals surface area (Å²) in [5.74, 6) is 1.17. The summed E-state index contributed by atoms with van der Waals surface area (Å²) in [5.41, 5.74) is 1.78. The number of anilines is 1. The fraction of sp³-hybridized carbons (Fsp3) is 0.409. The van der Waals surface area contributed by atoms with Crippen LogP contribution in [0.15, 0.2) is 34.4 Å². The van der Waals surface area contributed by atoms with Crippen molar-refractivity contribution in [1.29, 1.82) is 0 Å². The quantitative estimate of drug-likeness (QED) is 0.232. The van der Waals surface area contributed by atoms with Crippen molar-refractivity contribution in [1.82, 2.24) is 9.97 Å². The first-order valence-corrected chi connectivity index (χ1v) is 13.3. The van der Waals surface area contributed by atoms with Gasteiger partial charge in [0.1, 0.15) is 9.86 Å². The Morgan fingerprint density at radius 1 is 1.26 bits per heavy atom. The number of rotatable bonds is 7. The molecule has 3 aromatic rings. The van der Waals surface area contributed by atoms with Crippen molar-refractivity contribution in [2.45, 2.75) is 56.0 Å². The first-order valence-electron chi connectivity index (χ1n) is 10.1. The van der Waals surface area contributed by atoms with Crippen LogP contribution in [0.1, 0.15) is 37.6 Å². The smallest absolute Gasteiger partial charge is 0.234 e. The monoisotopic (exact) mass is 493 g/mol. The second kappa shape index (κ2) is 9.67. The highest BCUT2D eigenvalue weighted by Gasteiger charge is 2.31. The van der Waals surface area contributed by atoms with Gasteiger partial charge in [0.25, 0.3) is 0 Å². The maximum Gasteiger partial charge on any atom is 0.234 e. The number of aromatic nitrogens is 2. The zero-order valence-electron chi connectivity index (χ0n) is 17.7. The van der Waals surface area contributed by atoms with E-state index in [1.807, 2.05) is 0 Å². The number of thioether (sulfide) groups is 2. The van der Waals surface area contributed by atoms with Crippen LogP contribution < -0.4 is 5.32 Å². The lowest BCUT2D eigenvalue weighted by Gasteiger charge is -2.30. The van der Waals surface area contributed by atoms with Crippen molar-refractivity contribution >= 4 is 68.3 Å². The molecule has 1 aliphatic heterocycles. The number of nitrogens with one attached hydrogen (secondary N) is 1. The van der Waals surface area contributed by atoms with Crippen molar-refractivity contribution in [3.63, 3.8) is 0 Å². The number of amides is 1. The van der Waals surface area contributed by atoms with Gasteiger partial charge < -0.3 is 10.1 Å². The Morgan fingerprint density at radius 2 is 2.03 bits per heavy atom. The van der Waals surface area contributed by atoms with Gasteiger partial charge in [0, 0.05) is 33.1 Å². The normalized spacial score (nSPS) is 15.1. The molecule has 164 valence electrons. The third-order valence-electron chi connectivity index (χ3n) is 4.78. The number of benzene rings is 1. The maximum atomic E-state index is 12.6. The lowest BCUT2D eigenvalue weighted by molar-refractivity contribution is -0.113. The van der Waals surface area contributed by atoms with E-state index in [1.165, 1.54) is 22.2 Å². The van der Waals surface area contributed by atoms with E-state index < -0.39 is 0 Å². The molecule has 4 rings (SSSR count). The predicted molar refractivity (Wildman–Crippen MR) is 132 cm³/mol. The van der Waals surface area contributed by atoms with Gasteiger partial charge in [0.15, 0.2) is 5.16 Å². The number of hydrogen-bond acceptors (Lipinski definition) is 7. The van der Waals surface area contributed by atoms with Crippen LogP contribution in [-0.2, 0) is 22.6 Å². The van der Waals surface area contributed by atoms with Crippen LogP contribution in [0.5, 0.6) is 0 Å². The number of fused-ring (bicyclic) bond motifs is 3. The molecule has 9 heteroatoms. The molecular formula is C22H24ClN3O2S3. The van der Waals surface area contributed by atoms with Crippen LogP contribution in [0.2, 0.25) is 5.02 Å². The maximum absolute atomic E-state index is 12.6. The number of halogens is 1. The van der Waals surface area contributed by atoms with Crippen LogP contribution in [0.3, 0.4) is 0 Å². The first kappa shape index (κ1) is 22.9. The minimum Gasteiger partial charge on any atom is -0.370 e. The molecular weight excluding hydrogens is 470 g/mol. The van der Waals surface area contributed by atoms with Crippen molar-refractivity contribution in [2.75, 3.05) is 16.8 Å². The van der Waals surface area contributed by atoms with Crippen LogP contribution in [0.25, 0.3) is 10.2 Å². The molecule has 0 unspecified atom stereocenters. The van der Waals surface area contributed by atoms with Crippen LogP contribution in [-0.4, -0.2) is 33.0 Å². The summed E-state index contributed by atoms with van der Waals surface area (Å²) in [6, 6.07) is 7.11. The molecule has 0 atom stereocenters. The largest absolute Gasteiger partial charge is 0.370 e. The Kier molecular flexibility index (Phi) is 7.13. The molecule has 0 radical (unpaired) electrons. The van der Waals surface area contributed by atoms with Crippen molar-refractivity contribution in [3.05, 3.63) is 39.7 Å². The van der Waals surface area contributed by atoms with E-state index in [4.69, 9.17) is 26.3 Å². The van der Waals surface area contributed by atoms with E-state index in [-0.39, 0.29) is 17.3 Å². The number of thiophene rings is 1. The van der Waals surface area contributed by atoms with Gasteiger partial charge in [0.2, 0.25) is 5.91 Å². The van der Waals surface area contributed by atoms with E-state index in [1.54, 1.807) is 47.4 Å². The zero-order valence-corrected chi connectivity index (χ0v) is 20.9. The van der Waals surface area contributed by atoms with Gasteiger partial charge >= 0.3 is 0 Å². The molecule has 0 aliphatic carbocycles. The summed E-state index contributed by atoms with van der Waals surface area (Å²) < 4.78 is 6.01. The van der Waals surface area contributed by atoms with Gasteiger partial charge in [-0.15, -0.1) is 11.3 Å². The second-order valence-corrected chi connectivity index (χ2v) is 11.5. The summed E-state index contributed by atoms with van der Waals surface area (Å²) in [5, 5.41) is 6.30. The summed E-state index contributed by atoms with van der Waals surface area (Å²) in [6.45, 7) is 6.96. The topological polar surface area (TPSA) is 64.1 Å². The van der Waals surface area contributed by atoms with Gasteiger partial charge in [-0.25, -0.2) is 9.97 Å². The minimum absolute atomic E-state index is 0.0744. The van der Waals surface area contributed by atoms with Gasteiger partial charge in [-0.2, -0.15) is 0 Å². The molecule has 1 N–H and O–H groups in total. The zero-order chi connectivity index (χ0) is 22.0. The molecule has 2 aromatic heterocycles. The third kappa shape index (κ3) is 5.54. The highest BCUT2D eigenvalue weighted by atomic mass is 35.5. The van der Waals surface area contributed by atoms with Crippen molar-refractivity contribution in [2.24, 2.45) is 0 Å². The van der Waals surface area contributed by atoms with E-state index in [9.17, 15) is 4.79 Å². The number of carbonyl (C=O) groups excluding carboxylic acids is 1. The van der Waals surface area contributed by atoms with Gasteiger partial charge in [0.05, 0.1) is 18.0 Å². The fourth-order valence-corrected chi connectivity index (χ4v) is 6.28. The van der Waals surface area contributed by atoms with E-state index in [0.717, 1.165) is 44.7 Å². The molecule has 1 amide bonds. The molecule has 0 fully saturated rings. The highest BCUT2D eigenvalue weighted by Crippen LogP contribution is 2.42. The number of carbonyl (C=O) groups is 1. The Bertz CT molecular complexity index is 1100. The Balaban J connectivity index is 1.60. The first-order chi connectivity index (χ1) is 14.8. The molecule has 1 aromatic carbocycles. The SMILES string of the molecule is CCCSc1nc(SCC(=O)Nc2ccc(Cl)cc2)c2c3c(sc2n1)COC(C)(C)C3. The molecule has 0 spiro atoms. The summed E-state index contributed by atoms with van der Waals surface area (Å²) in [7, 11) is 0. The number of nitrogens with zero attached hydrogens (tertiary/aromatic N) is 2. The van der Waals surface area contributed by atoms with Crippen LogP contribution >= 0.6 is 46.5 Å². The van der Waals surface area contributed by atoms with E-state index >= 15 is 0 Å². The van der Waals surface area contributed by atoms with E-state index in [2.05, 4.69) is 26.1 Å². The standard InChI is InChI=1S/C22H24ClN3O2S3/c1-4-9-29-21-25-19(30-12-17(27)24-14-7-5-13(23)6-8-14)18-15-10-22(2,3)28-11-16(15)31-20(18)26-21/h5-8H,4,9-12H2,1-3H3,(H,24,27). The molecule has 1 aliphatic rings. The number of hydrogen-bond donors (Lipinski definition) is 1. The summed E-state index contributed by atoms with van der Waals surface area (Å²) in [6.07, 6.45) is 1.87. The average molecular weight is 494 g/mol. The minimum atomic E-state index is -0.218. The molecule has 0 bridgehead atoms. The van der Waals surface area contributed by atoms with Crippen molar-refractivity contribution in [3.8, 4) is 0 Å². The van der Waals surface area contributed by atoms with Gasteiger partial charge in [-0.3, -0.25) is 4.79 Å². The van der Waals surface area contributed by atoms with E-state index in [0.29, 0.717) is 11.6 Å². The molecule has 5 nitrogen and oxygen atoms in total. The Labute approximate surface area is 199 Å². The molecule has 0 saturated carbocycles.